The number of ether oxygens (including phenoxy) is 1. The van der Waals surface area contributed by atoms with Crippen LogP contribution in [0.4, 0.5) is 8.78 Å². The Balaban J connectivity index is 0.000000204. The fraction of sp³-hybridized carbons (Fsp3) is 0.0714. The van der Waals surface area contributed by atoms with Crippen molar-refractivity contribution in [1.29, 1.82) is 10.5 Å². The van der Waals surface area contributed by atoms with Crippen LogP contribution in [0.3, 0.4) is 0 Å². The highest BCUT2D eigenvalue weighted by atomic mass is 19.1. The van der Waals surface area contributed by atoms with E-state index >= 15 is 0 Å². The molecular formula is C28H22F2N2O3. The van der Waals surface area contributed by atoms with E-state index in [1.54, 1.807) is 6.07 Å². The number of aromatic hydroxyl groups is 1. The number of hydrogen-bond donors (Lipinski definition) is 2. The second-order valence-electron chi connectivity index (χ2n) is 6.95. The Morgan fingerprint density at radius 2 is 1.20 bits per heavy atom. The lowest BCUT2D eigenvalue weighted by atomic mass is 10.2. The number of aliphatic hydroxyl groups excluding tert-OH is 1. The molecule has 0 atom stereocenters. The van der Waals surface area contributed by atoms with E-state index in [0.717, 1.165) is 23.3 Å². The Morgan fingerprint density at radius 3 is 1.66 bits per heavy atom. The van der Waals surface area contributed by atoms with E-state index in [0.29, 0.717) is 6.61 Å². The van der Waals surface area contributed by atoms with Gasteiger partial charge >= 0.3 is 0 Å². The summed E-state index contributed by atoms with van der Waals surface area (Å²) in [5.74, 6) is -1.55. The molecule has 0 amide bonds. The predicted octanol–water partition coefficient (Wildman–Crippen LogP) is 5.86. The third-order valence-electron chi connectivity index (χ3n) is 4.40. The maximum absolute atomic E-state index is 13.5. The molecule has 0 saturated heterocycles. The van der Waals surface area contributed by atoms with E-state index in [2.05, 4.69) is 0 Å². The number of nitrogens with zero attached hydrogens (tertiary/aromatic N) is 2. The van der Waals surface area contributed by atoms with Crippen LogP contribution in [-0.2, 0) is 13.2 Å². The average molecular weight is 472 g/mol. The van der Waals surface area contributed by atoms with Crippen LogP contribution in [-0.4, -0.2) is 10.2 Å². The molecule has 0 unspecified atom stereocenters. The maximum Gasteiger partial charge on any atom is 0.166 e. The second-order valence-corrected chi connectivity index (χ2v) is 6.95. The summed E-state index contributed by atoms with van der Waals surface area (Å²) in [6.07, 6.45) is 0. The standard InChI is InChI=1S/C14H10FNO.C7H4FNO.C7H8O/c15-13-8-12(9-16)6-7-14(13)17-10-11-4-2-1-3-5-11;8-6-3-5(4-9)1-2-7(6)10;8-6-7-4-2-1-3-5-7/h1-8H,10H2;1-3,10H;1-5,8H,6H2. The lowest BCUT2D eigenvalue weighted by Gasteiger charge is -2.07. The first-order valence-electron chi connectivity index (χ1n) is 10.4. The summed E-state index contributed by atoms with van der Waals surface area (Å²) in [4.78, 5) is 0. The van der Waals surface area contributed by atoms with Gasteiger partial charge in [-0.1, -0.05) is 60.7 Å². The molecule has 0 aliphatic rings. The van der Waals surface area contributed by atoms with Gasteiger partial charge in [-0.2, -0.15) is 10.5 Å². The van der Waals surface area contributed by atoms with Crippen molar-refractivity contribution in [1.82, 2.24) is 0 Å². The zero-order chi connectivity index (χ0) is 25.5. The van der Waals surface area contributed by atoms with Crippen molar-refractivity contribution in [3.05, 3.63) is 131 Å². The first-order chi connectivity index (χ1) is 17.0. The number of nitriles is 2. The van der Waals surface area contributed by atoms with Gasteiger partial charge in [-0.15, -0.1) is 0 Å². The van der Waals surface area contributed by atoms with Gasteiger partial charge in [-0.05, 0) is 47.5 Å². The molecule has 0 spiro atoms. The second kappa shape index (κ2) is 14.4. The molecule has 4 aromatic carbocycles. The minimum Gasteiger partial charge on any atom is -0.505 e. The molecule has 35 heavy (non-hydrogen) atoms. The number of phenolic OH excluding ortho intramolecular Hbond substituents is 1. The van der Waals surface area contributed by atoms with Crippen LogP contribution in [0.5, 0.6) is 11.5 Å². The van der Waals surface area contributed by atoms with Gasteiger partial charge in [0, 0.05) is 0 Å². The number of aliphatic hydroxyl groups is 1. The summed E-state index contributed by atoms with van der Waals surface area (Å²) in [5, 5.41) is 34.1. The summed E-state index contributed by atoms with van der Waals surface area (Å²) in [7, 11) is 0. The van der Waals surface area contributed by atoms with Crippen LogP contribution < -0.4 is 4.74 Å². The first kappa shape index (κ1) is 26.5. The Labute approximate surface area is 202 Å². The highest BCUT2D eigenvalue weighted by Gasteiger charge is 2.04. The van der Waals surface area contributed by atoms with Crippen LogP contribution in [0.25, 0.3) is 0 Å². The van der Waals surface area contributed by atoms with Crippen molar-refractivity contribution in [3.63, 3.8) is 0 Å². The van der Waals surface area contributed by atoms with Crippen LogP contribution in [0, 0.1) is 34.3 Å². The number of benzene rings is 4. The first-order valence-corrected chi connectivity index (χ1v) is 10.4. The molecule has 0 aliphatic heterocycles. The third-order valence-corrected chi connectivity index (χ3v) is 4.40. The largest absolute Gasteiger partial charge is 0.505 e. The molecule has 5 nitrogen and oxygen atoms in total. The van der Waals surface area contributed by atoms with E-state index in [1.807, 2.05) is 66.7 Å². The quantitative estimate of drug-likeness (QED) is 0.388. The predicted molar refractivity (Wildman–Crippen MR) is 127 cm³/mol. The van der Waals surface area contributed by atoms with Crippen molar-refractivity contribution in [2.45, 2.75) is 13.2 Å². The molecule has 0 saturated carbocycles. The van der Waals surface area contributed by atoms with Gasteiger partial charge in [0.15, 0.2) is 23.1 Å². The number of halogens is 2. The van der Waals surface area contributed by atoms with E-state index in [1.165, 1.54) is 24.3 Å². The Hall–Kier alpha value is -4.72. The Bertz CT molecular complexity index is 1290. The van der Waals surface area contributed by atoms with Crippen LogP contribution in [0.1, 0.15) is 22.3 Å². The van der Waals surface area contributed by atoms with Crippen molar-refractivity contribution < 1.29 is 23.7 Å². The minimum atomic E-state index is -0.765. The lowest BCUT2D eigenvalue weighted by molar-refractivity contribution is 0.282. The molecule has 0 radical (unpaired) electrons. The van der Waals surface area contributed by atoms with Gasteiger partial charge in [0.2, 0.25) is 0 Å². The van der Waals surface area contributed by atoms with Crippen molar-refractivity contribution in [2.75, 3.05) is 0 Å². The fourth-order valence-electron chi connectivity index (χ4n) is 2.58. The smallest absolute Gasteiger partial charge is 0.166 e. The topological polar surface area (TPSA) is 97.3 Å². The summed E-state index contributed by atoms with van der Waals surface area (Å²) >= 11 is 0. The van der Waals surface area contributed by atoms with Gasteiger partial charge in [-0.25, -0.2) is 8.78 Å². The van der Waals surface area contributed by atoms with Crippen molar-refractivity contribution in [2.24, 2.45) is 0 Å². The van der Waals surface area contributed by atoms with Gasteiger partial charge in [0.1, 0.15) is 6.61 Å². The molecule has 0 aromatic heterocycles. The molecule has 0 fully saturated rings. The highest BCUT2D eigenvalue weighted by Crippen LogP contribution is 2.19. The maximum atomic E-state index is 13.5. The van der Waals surface area contributed by atoms with Gasteiger partial charge in [0.05, 0.1) is 29.9 Å². The molecular weight excluding hydrogens is 450 g/mol. The summed E-state index contributed by atoms with van der Waals surface area (Å²) < 4.78 is 31.2. The Morgan fingerprint density at radius 1 is 0.686 bits per heavy atom. The van der Waals surface area contributed by atoms with Crippen molar-refractivity contribution in [3.8, 4) is 23.6 Å². The van der Waals surface area contributed by atoms with Crippen LogP contribution in [0.15, 0.2) is 97.1 Å². The molecule has 176 valence electrons. The van der Waals surface area contributed by atoms with E-state index in [-0.39, 0.29) is 23.5 Å². The van der Waals surface area contributed by atoms with Gasteiger partial charge < -0.3 is 14.9 Å². The zero-order valence-corrected chi connectivity index (χ0v) is 18.6. The monoisotopic (exact) mass is 472 g/mol. The lowest BCUT2D eigenvalue weighted by Crippen LogP contribution is -1.97. The van der Waals surface area contributed by atoms with Gasteiger partial charge in [0.25, 0.3) is 0 Å². The minimum absolute atomic E-state index is 0.140. The molecule has 4 rings (SSSR count). The Kier molecular flexibility index (Phi) is 10.9. The van der Waals surface area contributed by atoms with Crippen LogP contribution in [0.2, 0.25) is 0 Å². The average Bonchev–Trinajstić information content (AvgIpc) is 2.91. The SMILES string of the molecule is N#Cc1ccc(O)c(F)c1.N#Cc1ccc(OCc2ccccc2)c(F)c1.OCc1ccccc1. The summed E-state index contributed by atoms with van der Waals surface area (Å²) in [6, 6.07) is 30.3. The number of rotatable bonds is 4. The fourth-order valence-corrected chi connectivity index (χ4v) is 2.58. The van der Waals surface area contributed by atoms with Gasteiger partial charge in [-0.3, -0.25) is 0 Å². The number of hydrogen-bond acceptors (Lipinski definition) is 5. The summed E-state index contributed by atoms with van der Waals surface area (Å²) in [5.41, 5.74) is 2.42. The molecule has 0 aliphatic carbocycles. The molecule has 0 heterocycles. The zero-order valence-electron chi connectivity index (χ0n) is 18.6. The molecule has 4 aromatic rings. The van der Waals surface area contributed by atoms with E-state index < -0.39 is 17.4 Å². The third kappa shape index (κ3) is 9.35. The highest BCUT2D eigenvalue weighted by molar-refractivity contribution is 5.36. The van der Waals surface area contributed by atoms with Crippen LogP contribution >= 0.6 is 0 Å². The van der Waals surface area contributed by atoms with E-state index in [9.17, 15) is 8.78 Å². The molecule has 7 heteroatoms. The summed E-state index contributed by atoms with van der Waals surface area (Å²) in [6.45, 7) is 0.449. The number of phenols is 1. The van der Waals surface area contributed by atoms with Crippen molar-refractivity contribution >= 4 is 0 Å². The van der Waals surface area contributed by atoms with E-state index in [4.69, 9.17) is 25.5 Å². The molecule has 2 N–H and O–H groups in total. The normalized spacial score (nSPS) is 9.29. The molecule has 0 bridgehead atoms.